The van der Waals surface area contributed by atoms with Crippen molar-refractivity contribution in [3.8, 4) is 0 Å². The molecule has 1 aromatic carbocycles. The molecule has 2 fully saturated rings. The van der Waals surface area contributed by atoms with Crippen LogP contribution in [0.4, 0.5) is 30.6 Å². The highest BCUT2D eigenvalue weighted by Crippen LogP contribution is 2.45. The third-order valence-corrected chi connectivity index (χ3v) is 8.61. The molecule has 2 saturated carbocycles. The lowest BCUT2D eigenvalue weighted by atomic mass is 9.73. The van der Waals surface area contributed by atoms with Gasteiger partial charge in [0.2, 0.25) is 17.8 Å². The summed E-state index contributed by atoms with van der Waals surface area (Å²) in [7, 11) is 0. The van der Waals surface area contributed by atoms with Gasteiger partial charge in [-0.1, -0.05) is 30.1 Å². The number of alkyl halides is 3. The Labute approximate surface area is 246 Å². The molecule has 41 heavy (non-hydrogen) atoms. The summed E-state index contributed by atoms with van der Waals surface area (Å²) in [6.45, 7) is 7.26. The average molecular weight is 617 g/mol. The van der Waals surface area contributed by atoms with Crippen LogP contribution in [0.15, 0.2) is 22.1 Å². The normalized spacial score (nSPS) is 25.6. The van der Waals surface area contributed by atoms with Crippen molar-refractivity contribution >= 4 is 59.2 Å². The summed E-state index contributed by atoms with van der Waals surface area (Å²) in [6, 6.07) is 1.32. The van der Waals surface area contributed by atoms with Crippen LogP contribution in [0.25, 0.3) is 0 Å². The van der Waals surface area contributed by atoms with Crippen molar-refractivity contribution in [2.45, 2.75) is 89.6 Å². The molecule has 224 valence electrons. The standard InChI is InChI=1S/C27H34Cl2F3N7O2/c1-14-22(38-24(34-3)36-16-5-4-6-18(40)13-16)39(17-7-9-26(2,10-8-17)23(33)41)25(35-14)37-21-19(28)11-15(12-20(21)29)27(30,31)32/h11-12,16-18,40H,3-10,13H2,1-2H3,(H2,33,41)(H,35,37)(H,36,38)/t16-,17?,18+,26?/m1/s1. The van der Waals surface area contributed by atoms with Crippen molar-refractivity contribution in [2.24, 2.45) is 21.1 Å². The van der Waals surface area contributed by atoms with Gasteiger partial charge >= 0.3 is 6.18 Å². The molecule has 0 bridgehead atoms. The highest BCUT2D eigenvalue weighted by atomic mass is 35.5. The smallest absolute Gasteiger partial charge is 0.393 e. The number of nitrogens with one attached hydrogen (secondary N) is 2. The molecule has 1 aromatic heterocycles. The number of carbonyl (C=O) groups excluding carboxylic acids is 1. The fourth-order valence-electron chi connectivity index (χ4n) is 5.50. The van der Waals surface area contributed by atoms with Gasteiger partial charge in [0.25, 0.3) is 0 Å². The van der Waals surface area contributed by atoms with Gasteiger partial charge in [0.1, 0.15) is 5.82 Å². The summed E-state index contributed by atoms with van der Waals surface area (Å²) < 4.78 is 41.8. The molecule has 9 nitrogen and oxygen atoms in total. The molecule has 1 amide bonds. The van der Waals surface area contributed by atoms with Crippen LogP contribution in [0.2, 0.25) is 10.0 Å². The van der Waals surface area contributed by atoms with E-state index in [0.29, 0.717) is 43.6 Å². The molecule has 5 N–H and O–H groups in total. The second kappa shape index (κ2) is 12.2. The Hall–Kier alpha value is -2.83. The van der Waals surface area contributed by atoms with Crippen LogP contribution in [0.3, 0.4) is 0 Å². The quantitative estimate of drug-likeness (QED) is 0.214. The molecule has 2 aliphatic rings. The summed E-state index contributed by atoms with van der Waals surface area (Å²) in [5.74, 6) is 0.723. The first kappa shape index (κ1) is 31.1. The van der Waals surface area contributed by atoms with Crippen molar-refractivity contribution < 1.29 is 23.1 Å². The monoisotopic (exact) mass is 615 g/mol. The number of primary amides is 1. The molecule has 0 spiro atoms. The van der Waals surface area contributed by atoms with Crippen molar-refractivity contribution in [3.63, 3.8) is 0 Å². The number of aliphatic hydroxyl groups excluding tert-OH is 1. The summed E-state index contributed by atoms with van der Waals surface area (Å²) in [4.78, 5) is 25.5. The highest BCUT2D eigenvalue weighted by Gasteiger charge is 2.38. The number of hydrogen-bond donors (Lipinski definition) is 4. The lowest BCUT2D eigenvalue weighted by Crippen LogP contribution is -2.38. The van der Waals surface area contributed by atoms with Crippen LogP contribution in [0, 0.1) is 12.3 Å². The Bertz CT molecular complexity index is 1310. The van der Waals surface area contributed by atoms with E-state index in [4.69, 9.17) is 28.9 Å². The Balaban J connectivity index is 1.73. The third-order valence-electron chi connectivity index (χ3n) is 8.01. The predicted octanol–water partition coefficient (Wildman–Crippen LogP) is 6.64. The van der Waals surface area contributed by atoms with Gasteiger partial charge in [-0.15, -0.1) is 0 Å². The zero-order valence-electron chi connectivity index (χ0n) is 22.9. The highest BCUT2D eigenvalue weighted by molar-refractivity contribution is 6.39. The van der Waals surface area contributed by atoms with Gasteiger partial charge in [0.05, 0.1) is 39.1 Å². The van der Waals surface area contributed by atoms with Gasteiger partial charge < -0.3 is 21.5 Å². The lowest BCUT2D eigenvalue weighted by Gasteiger charge is -2.36. The number of aryl methyl sites for hydroxylation is 1. The number of benzene rings is 1. The number of nitrogens with two attached hydrogens (primary N) is 1. The summed E-state index contributed by atoms with van der Waals surface area (Å²) in [5, 5.41) is 15.9. The number of aromatic nitrogens is 2. The molecule has 2 aliphatic carbocycles. The fourth-order valence-corrected chi connectivity index (χ4v) is 6.08. The van der Waals surface area contributed by atoms with Crippen LogP contribution in [-0.2, 0) is 11.0 Å². The van der Waals surface area contributed by atoms with Gasteiger partial charge in [0.15, 0.2) is 0 Å². The number of amides is 1. The molecule has 2 aromatic rings. The number of halogens is 5. The zero-order chi connectivity index (χ0) is 30.1. The minimum Gasteiger partial charge on any atom is -0.393 e. The van der Waals surface area contributed by atoms with Crippen LogP contribution < -0.4 is 16.4 Å². The fraction of sp³-hybridized carbons (Fsp3) is 0.556. The Morgan fingerprint density at radius 1 is 1.22 bits per heavy atom. The maximum Gasteiger partial charge on any atom is 0.416 e. The molecule has 1 heterocycles. The summed E-state index contributed by atoms with van der Waals surface area (Å²) in [6.07, 6.45) is 0.0926. The number of carbonyl (C=O) groups is 1. The number of imidazole rings is 1. The largest absolute Gasteiger partial charge is 0.416 e. The molecular weight excluding hydrogens is 582 g/mol. The Morgan fingerprint density at radius 2 is 1.85 bits per heavy atom. The minimum absolute atomic E-state index is 0.0730. The van der Waals surface area contributed by atoms with Crippen LogP contribution in [0.1, 0.15) is 75.6 Å². The average Bonchev–Trinajstić information content (AvgIpc) is 3.19. The third kappa shape index (κ3) is 6.98. The maximum atomic E-state index is 13.3. The van der Waals surface area contributed by atoms with Crippen LogP contribution in [-0.4, -0.2) is 45.4 Å². The lowest BCUT2D eigenvalue weighted by molar-refractivity contribution is -0.137. The van der Waals surface area contributed by atoms with Crippen molar-refractivity contribution in [2.75, 3.05) is 10.6 Å². The van der Waals surface area contributed by atoms with Crippen molar-refractivity contribution in [1.82, 2.24) is 9.55 Å². The van der Waals surface area contributed by atoms with Gasteiger partial charge in [-0.3, -0.25) is 9.36 Å². The number of hydrogen-bond acceptors (Lipinski definition) is 5. The Morgan fingerprint density at radius 3 is 2.39 bits per heavy atom. The van der Waals surface area contributed by atoms with Gasteiger partial charge in [-0.25, -0.2) is 15.0 Å². The number of aliphatic hydroxyl groups is 1. The summed E-state index contributed by atoms with van der Waals surface area (Å²) >= 11 is 12.5. The molecular formula is C27H34Cl2F3N7O2. The van der Waals surface area contributed by atoms with E-state index in [1.54, 1.807) is 6.92 Å². The zero-order valence-corrected chi connectivity index (χ0v) is 24.4. The molecule has 0 unspecified atom stereocenters. The molecule has 0 saturated heterocycles. The van der Waals surface area contributed by atoms with E-state index in [-0.39, 0.29) is 45.6 Å². The molecule has 0 aliphatic heterocycles. The van der Waals surface area contributed by atoms with E-state index in [0.717, 1.165) is 31.4 Å². The van der Waals surface area contributed by atoms with Crippen LogP contribution in [0.5, 0.6) is 0 Å². The minimum atomic E-state index is -4.62. The first-order valence-corrected chi connectivity index (χ1v) is 14.2. The van der Waals surface area contributed by atoms with E-state index in [1.807, 2.05) is 11.5 Å². The predicted molar refractivity (Wildman–Crippen MR) is 155 cm³/mol. The first-order chi connectivity index (χ1) is 19.2. The van der Waals surface area contributed by atoms with Gasteiger partial charge in [-0.05, 0) is 77.1 Å². The number of rotatable bonds is 6. The topological polar surface area (TPSA) is 130 Å². The van der Waals surface area contributed by atoms with E-state index in [1.165, 1.54) is 0 Å². The second-order valence-corrected chi connectivity index (χ2v) is 11.9. The summed E-state index contributed by atoms with van der Waals surface area (Å²) in [5.41, 5.74) is 4.67. The number of nitrogens with zero attached hydrogens (tertiary/aromatic N) is 4. The molecule has 4 rings (SSSR count). The van der Waals surface area contributed by atoms with Crippen LogP contribution >= 0.6 is 23.2 Å². The van der Waals surface area contributed by atoms with E-state index in [9.17, 15) is 23.1 Å². The SMILES string of the molecule is C=NC(=N[C@@H]1CCC[C@H](O)C1)Nc1c(C)nc(Nc2c(Cl)cc(C(F)(F)F)cc2Cl)n1C1CCC(C)(C(N)=O)CC1. The first-order valence-electron chi connectivity index (χ1n) is 13.4. The maximum absolute atomic E-state index is 13.3. The van der Waals surface area contributed by atoms with E-state index >= 15 is 0 Å². The number of guanidine groups is 1. The number of aliphatic imine (C=N–C) groups is 2. The number of anilines is 3. The van der Waals surface area contributed by atoms with Crippen molar-refractivity contribution in [1.29, 1.82) is 0 Å². The van der Waals surface area contributed by atoms with Crippen molar-refractivity contribution in [3.05, 3.63) is 33.4 Å². The van der Waals surface area contributed by atoms with E-state index in [2.05, 4.69) is 32.3 Å². The van der Waals surface area contributed by atoms with E-state index < -0.39 is 23.3 Å². The molecule has 0 radical (unpaired) electrons. The molecule has 14 heteroatoms. The van der Waals surface area contributed by atoms with Gasteiger partial charge in [-0.2, -0.15) is 13.2 Å². The second-order valence-electron chi connectivity index (χ2n) is 11.0. The van der Waals surface area contributed by atoms with Gasteiger partial charge in [0, 0.05) is 11.5 Å². The Kier molecular flexibility index (Phi) is 9.25. The molecule has 2 atom stereocenters.